The molecule has 0 aliphatic rings. The van der Waals surface area contributed by atoms with Crippen LogP contribution in [0.2, 0.25) is 0 Å². The number of hydrogen-bond donors (Lipinski definition) is 0. The van der Waals surface area contributed by atoms with Crippen molar-refractivity contribution in [3.8, 4) is 11.5 Å². The van der Waals surface area contributed by atoms with Crippen LogP contribution >= 0.6 is 0 Å². The molecule has 1 rings (SSSR count). The molecule has 1 aromatic carbocycles. The molecule has 0 heterocycles. The zero-order valence-corrected chi connectivity index (χ0v) is 11.2. The highest BCUT2D eigenvalue weighted by molar-refractivity contribution is 5.75. The third kappa shape index (κ3) is 3.63. The van der Waals surface area contributed by atoms with Gasteiger partial charge in [-0.15, -0.1) is 0 Å². The highest BCUT2D eigenvalue weighted by atomic mass is 16.7. The molecule has 0 fully saturated rings. The van der Waals surface area contributed by atoms with Crippen molar-refractivity contribution in [2.24, 2.45) is 0 Å². The molecule has 0 aliphatic carbocycles. The number of amides is 1. The third-order valence-corrected chi connectivity index (χ3v) is 2.72. The maximum atomic E-state index is 11.6. The molecule has 0 saturated heterocycles. The minimum absolute atomic E-state index is 0.0811. The van der Waals surface area contributed by atoms with Crippen molar-refractivity contribution in [3.05, 3.63) is 23.8 Å². The third-order valence-electron chi connectivity index (χ3n) is 2.72. The van der Waals surface area contributed by atoms with Gasteiger partial charge in [-0.2, -0.15) is 0 Å². The summed E-state index contributed by atoms with van der Waals surface area (Å²) in [6.45, 7) is 0. The lowest BCUT2D eigenvalue weighted by molar-refractivity contribution is -0.168. The van der Waals surface area contributed by atoms with Crippen LogP contribution in [0.15, 0.2) is 18.2 Å². The number of hydroxylamine groups is 2. The summed E-state index contributed by atoms with van der Waals surface area (Å²) in [5.41, 5.74) is 0.940. The number of carbonyl (C=O) groups is 1. The second kappa shape index (κ2) is 6.86. The van der Waals surface area contributed by atoms with Gasteiger partial charge in [-0.1, -0.05) is 0 Å². The maximum absolute atomic E-state index is 11.6. The maximum Gasteiger partial charge on any atom is 0.246 e. The standard InChI is InChI=1S/C13H19NO4/c1-14(18-4)13(15)8-5-10-9-11(16-2)6-7-12(10)17-3/h6-7,9H,5,8H2,1-4H3. The quantitative estimate of drug-likeness (QED) is 0.723. The number of hydrogen-bond acceptors (Lipinski definition) is 4. The summed E-state index contributed by atoms with van der Waals surface area (Å²) in [5, 5.41) is 1.21. The van der Waals surface area contributed by atoms with Crippen LogP contribution in [-0.4, -0.2) is 39.3 Å². The van der Waals surface area contributed by atoms with Gasteiger partial charge in [0.2, 0.25) is 5.91 Å². The van der Waals surface area contributed by atoms with Gasteiger partial charge in [0, 0.05) is 13.5 Å². The van der Waals surface area contributed by atoms with Crippen molar-refractivity contribution >= 4 is 5.91 Å². The van der Waals surface area contributed by atoms with Gasteiger partial charge < -0.3 is 9.47 Å². The molecule has 18 heavy (non-hydrogen) atoms. The Kier molecular flexibility index (Phi) is 5.45. The lowest BCUT2D eigenvalue weighted by Crippen LogP contribution is -2.25. The van der Waals surface area contributed by atoms with Crippen molar-refractivity contribution in [2.75, 3.05) is 28.4 Å². The molecule has 0 atom stereocenters. The number of nitrogens with zero attached hydrogens (tertiary/aromatic N) is 1. The Balaban J connectivity index is 2.73. The molecule has 5 heteroatoms. The molecule has 0 bridgehead atoms. The molecular formula is C13H19NO4. The van der Waals surface area contributed by atoms with Crippen molar-refractivity contribution < 1.29 is 19.1 Å². The van der Waals surface area contributed by atoms with Gasteiger partial charge in [0.25, 0.3) is 0 Å². The average Bonchev–Trinajstić information content (AvgIpc) is 2.43. The minimum atomic E-state index is -0.0811. The molecule has 5 nitrogen and oxygen atoms in total. The van der Waals surface area contributed by atoms with Gasteiger partial charge in [-0.25, -0.2) is 5.06 Å². The fourth-order valence-corrected chi connectivity index (χ4v) is 1.58. The zero-order chi connectivity index (χ0) is 13.5. The number of aryl methyl sites for hydroxylation is 1. The lowest BCUT2D eigenvalue weighted by Gasteiger charge is -2.14. The predicted molar refractivity (Wildman–Crippen MR) is 67.6 cm³/mol. The summed E-state index contributed by atoms with van der Waals surface area (Å²) in [4.78, 5) is 16.5. The molecular weight excluding hydrogens is 234 g/mol. The highest BCUT2D eigenvalue weighted by Crippen LogP contribution is 2.25. The molecule has 100 valence electrons. The van der Waals surface area contributed by atoms with Gasteiger partial charge in [0.15, 0.2) is 0 Å². The summed E-state index contributed by atoms with van der Waals surface area (Å²) in [6.07, 6.45) is 0.931. The van der Waals surface area contributed by atoms with Gasteiger partial charge in [-0.3, -0.25) is 9.63 Å². The van der Waals surface area contributed by atoms with Crippen LogP contribution in [-0.2, 0) is 16.1 Å². The second-order valence-electron chi connectivity index (χ2n) is 3.75. The van der Waals surface area contributed by atoms with Gasteiger partial charge in [0.05, 0.1) is 21.3 Å². The van der Waals surface area contributed by atoms with Gasteiger partial charge in [0.1, 0.15) is 11.5 Å². The van der Waals surface area contributed by atoms with Crippen LogP contribution in [0.3, 0.4) is 0 Å². The van der Waals surface area contributed by atoms with Crippen LogP contribution in [0, 0.1) is 0 Å². The normalized spacial score (nSPS) is 10.0. The topological polar surface area (TPSA) is 48.0 Å². The molecule has 0 aromatic heterocycles. The summed E-state index contributed by atoms with van der Waals surface area (Å²) in [6, 6.07) is 5.53. The van der Waals surface area contributed by atoms with E-state index in [9.17, 15) is 4.79 Å². The Morgan fingerprint density at radius 2 is 1.94 bits per heavy atom. The smallest absolute Gasteiger partial charge is 0.246 e. The molecule has 1 amide bonds. The Morgan fingerprint density at radius 3 is 2.50 bits per heavy atom. The first kappa shape index (κ1) is 14.3. The molecule has 1 aromatic rings. The van der Waals surface area contributed by atoms with E-state index in [0.29, 0.717) is 12.8 Å². The molecule has 0 unspecified atom stereocenters. The summed E-state index contributed by atoms with van der Waals surface area (Å²) in [7, 11) is 6.26. The van der Waals surface area contributed by atoms with Crippen LogP contribution in [0.5, 0.6) is 11.5 Å². The van der Waals surface area contributed by atoms with Crippen molar-refractivity contribution in [1.82, 2.24) is 5.06 Å². The average molecular weight is 253 g/mol. The number of ether oxygens (including phenoxy) is 2. The van der Waals surface area contributed by atoms with Crippen LogP contribution < -0.4 is 9.47 Å². The van der Waals surface area contributed by atoms with Crippen LogP contribution in [0.4, 0.5) is 0 Å². The highest BCUT2D eigenvalue weighted by Gasteiger charge is 2.11. The first-order valence-electron chi connectivity index (χ1n) is 5.64. The van der Waals surface area contributed by atoms with E-state index in [1.54, 1.807) is 21.3 Å². The summed E-state index contributed by atoms with van der Waals surface area (Å²) >= 11 is 0. The van der Waals surface area contributed by atoms with E-state index in [1.807, 2.05) is 18.2 Å². The molecule has 0 saturated carbocycles. The lowest BCUT2D eigenvalue weighted by atomic mass is 10.1. The SMILES string of the molecule is COc1ccc(OC)c(CCC(=O)N(C)OC)c1. The van der Waals surface area contributed by atoms with E-state index in [1.165, 1.54) is 12.2 Å². The Morgan fingerprint density at radius 1 is 1.22 bits per heavy atom. The van der Waals surface area contributed by atoms with E-state index in [4.69, 9.17) is 14.3 Å². The summed E-state index contributed by atoms with van der Waals surface area (Å²) < 4.78 is 10.4. The van der Waals surface area contributed by atoms with E-state index in [-0.39, 0.29) is 5.91 Å². The second-order valence-corrected chi connectivity index (χ2v) is 3.75. The Bertz CT molecular complexity index is 406. The largest absolute Gasteiger partial charge is 0.497 e. The fraction of sp³-hybridized carbons (Fsp3) is 0.462. The fourth-order valence-electron chi connectivity index (χ4n) is 1.58. The van der Waals surface area contributed by atoms with E-state index < -0.39 is 0 Å². The molecule has 0 radical (unpaired) electrons. The Hall–Kier alpha value is -1.75. The van der Waals surface area contributed by atoms with E-state index in [2.05, 4.69) is 0 Å². The number of carbonyl (C=O) groups excluding carboxylic acids is 1. The molecule has 0 N–H and O–H groups in total. The van der Waals surface area contributed by atoms with E-state index >= 15 is 0 Å². The van der Waals surface area contributed by atoms with Gasteiger partial charge >= 0.3 is 0 Å². The van der Waals surface area contributed by atoms with Crippen molar-refractivity contribution in [2.45, 2.75) is 12.8 Å². The Labute approximate surface area is 107 Å². The number of benzene rings is 1. The van der Waals surface area contributed by atoms with Crippen molar-refractivity contribution in [1.29, 1.82) is 0 Å². The monoisotopic (exact) mass is 253 g/mol. The van der Waals surface area contributed by atoms with Crippen molar-refractivity contribution in [3.63, 3.8) is 0 Å². The zero-order valence-electron chi connectivity index (χ0n) is 11.2. The molecule has 0 spiro atoms. The van der Waals surface area contributed by atoms with E-state index in [0.717, 1.165) is 17.1 Å². The number of methoxy groups -OCH3 is 2. The molecule has 0 aliphatic heterocycles. The first-order valence-corrected chi connectivity index (χ1v) is 5.64. The number of rotatable bonds is 6. The first-order chi connectivity index (χ1) is 8.62. The van der Waals surface area contributed by atoms with Crippen LogP contribution in [0.1, 0.15) is 12.0 Å². The summed E-state index contributed by atoms with van der Waals surface area (Å²) in [5.74, 6) is 1.42. The minimum Gasteiger partial charge on any atom is -0.497 e. The predicted octanol–water partition coefficient (Wildman–Crippen LogP) is 1.66. The van der Waals surface area contributed by atoms with Gasteiger partial charge in [-0.05, 0) is 30.2 Å². The van der Waals surface area contributed by atoms with Crippen LogP contribution in [0.25, 0.3) is 0 Å².